The lowest BCUT2D eigenvalue weighted by atomic mass is 10.2. The van der Waals surface area contributed by atoms with Crippen LogP contribution < -0.4 is 10.5 Å². The van der Waals surface area contributed by atoms with E-state index in [1.807, 2.05) is 20.8 Å². The Balaban J connectivity index is 2.17. The van der Waals surface area contributed by atoms with Crippen LogP contribution in [0.25, 0.3) is 11.0 Å². The Morgan fingerprint density at radius 2 is 1.81 bits per heavy atom. The van der Waals surface area contributed by atoms with Gasteiger partial charge in [-0.1, -0.05) is 0 Å². The van der Waals surface area contributed by atoms with Crippen LogP contribution in [-0.2, 0) is 18.8 Å². The van der Waals surface area contributed by atoms with Crippen molar-refractivity contribution >= 4 is 17.0 Å². The summed E-state index contributed by atoms with van der Waals surface area (Å²) in [5.74, 6) is 0.686. The average molecular weight is 291 g/mol. The van der Waals surface area contributed by atoms with Crippen LogP contribution in [0.2, 0.25) is 0 Å². The first-order chi connectivity index (χ1) is 9.88. The highest BCUT2D eigenvalue weighted by atomic mass is 16.5. The SMILES string of the molecule is Cc1nn(C)c2c(=O)n(C)c(N3C[C@@H](C)O[C@@H](C)C3)nc12. The third-order valence-electron chi connectivity index (χ3n) is 3.91. The van der Waals surface area contributed by atoms with E-state index in [0.717, 1.165) is 18.8 Å². The van der Waals surface area contributed by atoms with Crippen LogP contribution in [-0.4, -0.2) is 44.6 Å². The Bertz CT molecular complexity index is 738. The van der Waals surface area contributed by atoms with Crippen molar-refractivity contribution in [3.05, 3.63) is 16.0 Å². The second-order valence-electron chi connectivity index (χ2n) is 5.84. The van der Waals surface area contributed by atoms with E-state index in [2.05, 4.69) is 10.00 Å². The molecule has 2 atom stereocenters. The molecule has 0 aliphatic carbocycles. The van der Waals surface area contributed by atoms with Gasteiger partial charge >= 0.3 is 0 Å². The molecule has 0 unspecified atom stereocenters. The zero-order valence-electron chi connectivity index (χ0n) is 13.1. The van der Waals surface area contributed by atoms with Crippen LogP contribution in [0, 0.1) is 6.92 Å². The molecule has 7 nitrogen and oxygen atoms in total. The Labute approximate surface area is 123 Å². The number of morpholine rings is 1. The lowest BCUT2D eigenvalue weighted by Gasteiger charge is -2.36. The topological polar surface area (TPSA) is 65.2 Å². The number of ether oxygens (including phenoxy) is 1. The van der Waals surface area contributed by atoms with Gasteiger partial charge in [-0.25, -0.2) is 4.98 Å². The zero-order valence-corrected chi connectivity index (χ0v) is 13.1. The molecular weight excluding hydrogens is 270 g/mol. The van der Waals surface area contributed by atoms with Gasteiger partial charge in [0.25, 0.3) is 5.56 Å². The summed E-state index contributed by atoms with van der Waals surface area (Å²) in [5.41, 5.74) is 1.95. The summed E-state index contributed by atoms with van der Waals surface area (Å²) in [6.45, 7) is 7.41. The van der Waals surface area contributed by atoms with Gasteiger partial charge in [-0.3, -0.25) is 14.0 Å². The Kier molecular flexibility index (Phi) is 3.24. The van der Waals surface area contributed by atoms with Gasteiger partial charge in [0, 0.05) is 27.2 Å². The maximum atomic E-state index is 12.6. The molecule has 2 aromatic heterocycles. The summed E-state index contributed by atoms with van der Waals surface area (Å²) < 4.78 is 8.96. The quantitative estimate of drug-likeness (QED) is 0.769. The molecule has 1 fully saturated rings. The standard InChI is InChI=1S/C14H21N5O2/c1-8-6-19(7-9(2)21-8)14-15-11-10(3)16-18(5)12(11)13(20)17(14)4/h8-9H,6-7H2,1-5H3/t8-,9+. The first-order valence-electron chi connectivity index (χ1n) is 7.19. The van der Waals surface area contributed by atoms with E-state index < -0.39 is 0 Å². The van der Waals surface area contributed by atoms with Crippen molar-refractivity contribution in [1.29, 1.82) is 0 Å². The van der Waals surface area contributed by atoms with Crippen LogP contribution in [0.3, 0.4) is 0 Å². The van der Waals surface area contributed by atoms with Crippen molar-refractivity contribution in [2.45, 2.75) is 33.0 Å². The molecule has 0 N–H and O–H groups in total. The number of aromatic nitrogens is 4. The summed E-state index contributed by atoms with van der Waals surface area (Å²) >= 11 is 0. The van der Waals surface area contributed by atoms with Gasteiger partial charge in [-0.2, -0.15) is 5.10 Å². The molecule has 1 aliphatic rings. The predicted octanol–water partition coefficient (Wildman–Crippen LogP) is 0.589. The molecule has 0 aromatic carbocycles. The maximum Gasteiger partial charge on any atom is 0.280 e. The van der Waals surface area contributed by atoms with Crippen molar-refractivity contribution in [1.82, 2.24) is 19.3 Å². The molecular formula is C14H21N5O2. The summed E-state index contributed by atoms with van der Waals surface area (Å²) in [6, 6.07) is 0. The predicted molar refractivity (Wildman–Crippen MR) is 80.7 cm³/mol. The Morgan fingerprint density at radius 1 is 1.19 bits per heavy atom. The molecule has 3 rings (SSSR count). The van der Waals surface area contributed by atoms with Crippen molar-refractivity contribution < 1.29 is 4.74 Å². The minimum absolute atomic E-state index is 0.0649. The number of hydrogen-bond acceptors (Lipinski definition) is 5. The van der Waals surface area contributed by atoms with E-state index in [-0.39, 0.29) is 17.8 Å². The minimum atomic E-state index is -0.0649. The summed E-state index contributed by atoms with van der Waals surface area (Å²) in [4.78, 5) is 19.4. The molecule has 1 aliphatic heterocycles. The number of fused-ring (bicyclic) bond motifs is 1. The molecule has 114 valence electrons. The number of rotatable bonds is 1. The van der Waals surface area contributed by atoms with E-state index in [9.17, 15) is 4.79 Å². The van der Waals surface area contributed by atoms with Gasteiger partial charge in [0.15, 0.2) is 5.52 Å². The first-order valence-corrected chi connectivity index (χ1v) is 7.19. The number of anilines is 1. The maximum absolute atomic E-state index is 12.6. The van der Waals surface area contributed by atoms with Gasteiger partial charge in [0.05, 0.1) is 17.9 Å². The van der Waals surface area contributed by atoms with E-state index in [1.54, 1.807) is 23.3 Å². The van der Waals surface area contributed by atoms with Crippen LogP contribution in [0.4, 0.5) is 5.95 Å². The van der Waals surface area contributed by atoms with E-state index in [0.29, 0.717) is 17.0 Å². The smallest absolute Gasteiger partial charge is 0.280 e. The molecule has 2 aromatic rings. The normalized spacial score (nSPS) is 23.0. The highest BCUT2D eigenvalue weighted by Crippen LogP contribution is 2.20. The number of nitrogens with zero attached hydrogens (tertiary/aromatic N) is 5. The highest BCUT2D eigenvalue weighted by molar-refractivity contribution is 5.77. The minimum Gasteiger partial charge on any atom is -0.372 e. The molecule has 1 saturated heterocycles. The van der Waals surface area contributed by atoms with Crippen LogP contribution >= 0.6 is 0 Å². The van der Waals surface area contributed by atoms with Gasteiger partial charge < -0.3 is 9.64 Å². The van der Waals surface area contributed by atoms with E-state index >= 15 is 0 Å². The second-order valence-corrected chi connectivity index (χ2v) is 5.84. The van der Waals surface area contributed by atoms with E-state index in [1.165, 1.54) is 0 Å². The summed E-state index contributed by atoms with van der Waals surface area (Å²) in [6.07, 6.45) is 0.243. The van der Waals surface area contributed by atoms with Gasteiger partial charge in [-0.15, -0.1) is 0 Å². The van der Waals surface area contributed by atoms with Gasteiger partial charge in [0.2, 0.25) is 5.95 Å². The lowest BCUT2D eigenvalue weighted by Crippen LogP contribution is -2.47. The fourth-order valence-electron chi connectivity index (χ4n) is 3.07. The molecule has 7 heteroatoms. The van der Waals surface area contributed by atoms with Gasteiger partial charge in [-0.05, 0) is 20.8 Å². The molecule has 0 saturated carbocycles. The molecule has 21 heavy (non-hydrogen) atoms. The fraction of sp³-hybridized carbons (Fsp3) is 0.643. The molecule has 3 heterocycles. The third-order valence-corrected chi connectivity index (χ3v) is 3.91. The number of hydrogen-bond donors (Lipinski definition) is 0. The fourth-order valence-corrected chi connectivity index (χ4v) is 3.07. The lowest BCUT2D eigenvalue weighted by molar-refractivity contribution is -0.00590. The van der Waals surface area contributed by atoms with Crippen LogP contribution in [0.1, 0.15) is 19.5 Å². The zero-order chi connectivity index (χ0) is 15.3. The number of aryl methyl sites for hydroxylation is 2. The first kappa shape index (κ1) is 14.1. The largest absolute Gasteiger partial charge is 0.372 e. The molecule has 0 amide bonds. The van der Waals surface area contributed by atoms with Crippen molar-refractivity contribution in [2.75, 3.05) is 18.0 Å². The van der Waals surface area contributed by atoms with Gasteiger partial charge in [0.1, 0.15) is 5.52 Å². The molecule has 0 radical (unpaired) electrons. The third kappa shape index (κ3) is 2.21. The van der Waals surface area contributed by atoms with Crippen LogP contribution in [0.5, 0.6) is 0 Å². The van der Waals surface area contributed by atoms with Crippen molar-refractivity contribution in [3.8, 4) is 0 Å². The van der Waals surface area contributed by atoms with Crippen molar-refractivity contribution in [3.63, 3.8) is 0 Å². The van der Waals surface area contributed by atoms with Crippen LogP contribution in [0.15, 0.2) is 4.79 Å². The highest BCUT2D eigenvalue weighted by Gasteiger charge is 2.26. The average Bonchev–Trinajstić information content (AvgIpc) is 2.67. The second kappa shape index (κ2) is 4.84. The summed E-state index contributed by atoms with van der Waals surface area (Å²) in [5, 5.41) is 4.31. The monoisotopic (exact) mass is 291 g/mol. The molecule has 0 spiro atoms. The summed E-state index contributed by atoms with van der Waals surface area (Å²) in [7, 11) is 3.54. The molecule has 0 bridgehead atoms. The van der Waals surface area contributed by atoms with Crippen molar-refractivity contribution in [2.24, 2.45) is 14.1 Å². The Morgan fingerprint density at radius 3 is 2.43 bits per heavy atom. The Hall–Kier alpha value is -1.89. The van der Waals surface area contributed by atoms with E-state index in [4.69, 9.17) is 9.72 Å².